The first-order chi connectivity index (χ1) is 9.36. The van der Waals surface area contributed by atoms with E-state index in [4.69, 9.17) is 0 Å². The molecule has 0 aliphatic carbocycles. The molecule has 106 valence electrons. The maximum absolute atomic E-state index is 12.1. The molecule has 1 aromatic heterocycles. The van der Waals surface area contributed by atoms with Crippen molar-refractivity contribution in [3.05, 3.63) is 51.5 Å². The highest BCUT2D eigenvalue weighted by Gasteiger charge is 2.14. The Balaban J connectivity index is 1.99. The zero-order valence-electron chi connectivity index (χ0n) is 12.4. The van der Waals surface area contributed by atoms with Gasteiger partial charge < -0.3 is 5.32 Å². The van der Waals surface area contributed by atoms with Crippen LogP contribution in [0.5, 0.6) is 0 Å². The number of hydrogen-bond donors (Lipinski definition) is 1. The lowest BCUT2D eigenvalue weighted by Crippen LogP contribution is -2.23. The van der Waals surface area contributed by atoms with E-state index in [1.165, 1.54) is 5.56 Å². The topological polar surface area (TPSA) is 42.0 Å². The average molecular weight is 288 g/mol. The molecule has 0 aliphatic rings. The summed E-state index contributed by atoms with van der Waals surface area (Å²) in [6.07, 6.45) is 0. The van der Waals surface area contributed by atoms with Crippen molar-refractivity contribution >= 4 is 17.2 Å². The second kappa shape index (κ2) is 5.75. The lowest BCUT2D eigenvalue weighted by Gasteiger charge is -2.19. The number of amides is 1. The maximum atomic E-state index is 12.1. The molecule has 0 unspecified atom stereocenters. The van der Waals surface area contributed by atoms with E-state index in [-0.39, 0.29) is 11.3 Å². The Morgan fingerprint density at radius 3 is 2.40 bits per heavy atom. The van der Waals surface area contributed by atoms with E-state index in [0.717, 1.165) is 10.7 Å². The zero-order chi connectivity index (χ0) is 14.8. The van der Waals surface area contributed by atoms with Crippen LogP contribution < -0.4 is 5.32 Å². The molecule has 1 amide bonds. The molecule has 4 heteroatoms. The van der Waals surface area contributed by atoms with Gasteiger partial charge in [-0.15, -0.1) is 11.3 Å². The van der Waals surface area contributed by atoms with Gasteiger partial charge in [-0.05, 0) is 30.0 Å². The zero-order valence-corrected chi connectivity index (χ0v) is 13.2. The third-order valence-corrected chi connectivity index (χ3v) is 3.93. The van der Waals surface area contributed by atoms with Crippen LogP contribution in [-0.4, -0.2) is 10.9 Å². The van der Waals surface area contributed by atoms with Crippen LogP contribution in [0, 0.1) is 6.92 Å². The second-order valence-electron chi connectivity index (χ2n) is 5.87. The molecule has 3 nitrogen and oxygen atoms in total. The van der Waals surface area contributed by atoms with Crippen LogP contribution in [0.2, 0.25) is 0 Å². The van der Waals surface area contributed by atoms with E-state index >= 15 is 0 Å². The molecule has 0 bridgehead atoms. The van der Waals surface area contributed by atoms with Gasteiger partial charge in [-0.2, -0.15) is 0 Å². The normalized spacial score (nSPS) is 11.4. The van der Waals surface area contributed by atoms with E-state index in [2.05, 4.69) is 31.1 Å². The van der Waals surface area contributed by atoms with Crippen LogP contribution >= 0.6 is 11.3 Å². The molecular formula is C16H20N2OS. The first kappa shape index (κ1) is 14.7. The molecule has 1 heterocycles. The van der Waals surface area contributed by atoms with Gasteiger partial charge in [0, 0.05) is 10.9 Å². The molecular weight excluding hydrogens is 268 g/mol. The Morgan fingerprint density at radius 1 is 1.25 bits per heavy atom. The largest absolute Gasteiger partial charge is 0.346 e. The summed E-state index contributed by atoms with van der Waals surface area (Å²) in [5.74, 6) is -0.0592. The summed E-state index contributed by atoms with van der Waals surface area (Å²) in [6, 6.07) is 7.79. The summed E-state index contributed by atoms with van der Waals surface area (Å²) < 4.78 is 0. The highest BCUT2D eigenvalue weighted by atomic mass is 32.1. The third-order valence-electron chi connectivity index (χ3n) is 3.11. The molecule has 2 aromatic rings. The lowest BCUT2D eigenvalue weighted by atomic mass is 9.87. The third kappa shape index (κ3) is 3.67. The van der Waals surface area contributed by atoms with Crippen molar-refractivity contribution in [1.29, 1.82) is 0 Å². The van der Waals surface area contributed by atoms with E-state index in [9.17, 15) is 4.79 Å². The average Bonchev–Trinajstić information content (AvgIpc) is 2.81. The highest BCUT2D eigenvalue weighted by Crippen LogP contribution is 2.22. The van der Waals surface area contributed by atoms with Crippen LogP contribution in [0.1, 0.15) is 47.4 Å². The van der Waals surface area contributed by atoms with Gasteiger partial charge >= 0.3 is 0 Å². The quantitative estimate of drug-likeness (QED) is 0.936. The van der Waals surface area contributed by atoms with Crippen LogP contribution in [0.3, 0.4) is 0 Å². The SMILES string of the molecule is Cc1nc(CNC(=O)c2ccc(C(C)(C)C)cc2)cs1. The Morgan fingerprint density at radius 2 is 1.90 bits per heavy atom. The monoisotopic (exact) mass is 288 g/mol. The summed E-state index contributed by atoms with van der Waals surface area (Å²) in [6.45, 7) is 8.91. The smallest absolute Gasteiger partial charge is 0.251 e. The van der Waals surface area contributed by atoms with Crippen molar-refractivity contribution in [3.63, 3.8) is 0 Å². The molecule has 0 fully saturated rings. The van der Waals surface area contributed by atoms with Gasteiger partial charge in [-0.25, -0.2) is 4.98 Å². The fourth-order valence-corrected chi connectivity index (χ4v) is 2.50. The minimum absolute atomic E-state index is 0.0592. The number of aromatic nitrogens is 1. The van der Waals surface area contributed by atoms with Crippen molar-refractivity contribution in [2.24, 2.45) is 0 Å². The summed E-state index contributed by atoms with van der Waals surface area (Å²) in [5.41, 5.74) is 2.92. The Hall–Kier alpha value is -1.68. The summed E-state index contributed by atoms with van der Waals surface area (Å²) in [5, 5.41) is 5.88. The van der Waals surface area contributed by atoms with Gasteiger partial charge in [0.25, 0.3) is 5.91 Å². The molecule has 0 spiro atoms. The van der Waals surface area contributed by atoms with E-state index < -0.39 is 0 Å². The lowest BCUT2D eigenvalue weighted by molar-refractivity contribution is 0.0950. The molecule has 0 aliphatic heterocycles. The molecule has 1 N–H and O–H groups in total. The number of thiazole rings is 1. The van der Waals surface area contributed by atoms with Gasteiger partial charge in [-0.3, -0.25) is 4.79 Å². The Bertz CT molecular complexity index is 594. The number of carbonyl (C=O) groups excluding carboxylic acids is 1. The van der Waals surface area contributed by atoms with Crippen LogP contribution in [-0.2, 0) is 12.0 Å². The van der Waals surface area contributed by atoms with Crippen molar-refractivity contribution < 1.29 is 4.79 Å². The van der Waals surface area contributed by atoms with E-state index in [1.807, 2.05) is 36.6 Å². The Labute approximate surface area is 124 Å². The molecule has 20 heavy (non-hydrogen) atoms. The highest BCUT2D eigenvalue weighted by molar-refractivity contribution is 7.09. The van der Waals surface area contributed by atoms with Crippen molar-refractivity contribution in [1.82, 2.24) is 10.3 Å². The molecule has 1 aromatic carbocycles. The van der Waals surface area contributed by atoms with Crippen LogP contribution in [0.25, 0.3) is 0 Å². The number of nitrogens with zero attached hydrogens (tertiary/aromatic N) is 1. The fraction of sp³-hybridized carbons (Fsp3) is 0.375. The van der Waals surface area contributed by atoms with Crippen molar-refractivity contribution in [3.8, 4) is 0 Å². The summed E-state index contributed by atoms with van der Waals surface area (Å²) >= 11 is 1.59. The first-order valence-electron chi connectivity index (χ1n) is 6.66. The van der Waals surface area contributed by atoms with Crippen LogP contribution in [0.4, 0.5) is 0 Å². The van der Waals surface area contributed by atoms with Crippen molar-refractivity contribution in [2.75, 3.05) is 0 Å². The summed E-state index contributed by atoms with van der Waals surface area (Å²) in [7, 11) is 0. The number of rotatable bonds is 3. The first-order valence-corrected chi connectivity index (χ1v) is 7.54. The molecule has 0 saturated heterocycles. The minimum Gasteiger partial charge on any atom is -0.346 e. The minimum atomic E-state index is -0.0592. The predicted molar refractivity (Wildman–Crippen MR) is 83.2 cm³/mol. The number of aryl methyl sites for hydroxylation is 1. The van der Waals surface area contributed by atoms with E-state index in [0.29, 0.717) is 12.1 Å². The van der Waals surface area contributed by atoms with Crippen molar-refractivity contribution in [2.45, 2.75) is 39.7 Å². The predicted octanol–water partition coefficient (Wildman–Crippen LogP) is 3.68. The molecule has 2 rings (SSSR count). The van der Waals surface area contributed by atoms with Gasteiger partial charge in [0.1, 0.15) is 0 Å². The van der Waals surface area contributed by atoms with Gasteiger partial charge in [0.15, 0.2) is 0 Å². The van der Waals surface area contributed by atoms with Crippen LogP contribution in [0.15, 0.2) is 29.6 Å². The van der Waals surface area contributed by atoms with E-state index in [1.54, 1.807) is 11.3 Å². The maximum Gasteiger partial charge on any atom is 0.251 e. The number of hydrogen-bond acceptors (Lipinski definition) is 3. The standard InChI is InChI=1S/C16H20N2OS/c1-11-18-14(10-20-11)9-17-15(19)12-5-7-13(8-6-12)16(2,3)4/h5-8,10H,9H2,1-4H3,(H,17,19). The number of carbonyl (C=O) groups is 1. The second-order valence-corrected chi connectivity index (χ2v) is 6.93. The molecule has 0 saturated carbocycles. The molecule has 0 radical (unpaired) electrons. The fourth-order valence-electron chi connectivity index (χ4n) is 1.88. The summed E-state index contributed by atoms with van der Waals surface area (Å²) in [4.78, 5) is 16.4. The number of nitrogens with one attached hydrogen (secondary N) is 1. The number of benzene rings is 1. The van der Waals surface area contributed by atoms with Gasteiger partial charge in [0.05, 0.1) is 17.2 Å². The van der Waals surface area contributed by atoms with Gasteiger partial charge in [-0.1, -0.05) is 32.9 Å². The van der Waals surface area contributed by atoms with Gasteiger partial charge in [0.2, 0.25) is 0 Å². The Kier molecular flexibility index (Phi) is 4.23. The molecule has 0 atom stereocenters.